The Kier molecular flexibility index (Phi) is 4.74. The van der Waals surface area contributed by atoms with Crippen LogP contribution in [0.25, 0.3) is 10.2 Å². The highest BCUT2D eigenvalue weighted by atomic mass is 35.5. The average molecular weight is 401 g/mol. The van der Waals surface area contributed by atoms with Gasteiger partial charge >= 0.3 is 5.96 Å². The summed E-state index contributed by atoms with van der Waals surface area (Å²) >= 11 is 7.53. The van der Waals surface area contributed by atoms with Crippen LogP contribution in [0.15, 0.2) is 48.5 Å². The van der Waals surface area contributed by atoms with Crippen molar-refractivity contribution in [2.24, 2.45) is 0 Å². The van der Waals surface area contributed by atoms with E-state index in [0.29, 0.717) is 21.8 Å². The largest absolute Gasteiger partial charge is 0.358 e. The molecule has 1 aliphatic rings. The van der Waals surface area contributed by atoms with E-state index in [-0.39, 0.29) is 18.2 Å². The molecule has 9 heteroatoms. The van der Waals surface area contributed by atoms with E-state index in [1.54, 1.807) is 24.3 Å². The summed E-state index contributed by atoms with van der Waals surface area (Å²) in [6.45, 7) is 0. The highest BCUT2D eigenvalue weighted by Crippen LogP contribution is 2.25. The molecule has 136 valence electrons. The van der Waals surface area contributed by atoms with Crippen LogP contribution in [0.5, 0.6) is 0 Å². The van der Waals surface area contributed by atoms with E-state index in [1.165, 1.54) is 11.3 Å². The number of benzene rings is 2. The van der Waals surface area contributed by atoms with Crippen molar-refractivity contribution in [2.45, 2.75) is 12.5 Å². The maximum Gasteiger partial charge on any atom is 0.358 e. The van der Waals surface area contributed by atoms with Gasteiger partial charge in [0.1, 0.15) is 0 Å². The van der Waals surface area contributed by atoms with E-state index >= 15 is 0 Å². The summed E-state index contributed by atoms with van der Waals surface area (Å²) in [4.78, 5) is 32.0. The monoisotopic (exact) mass is 400 g/mol. The number of aromatic nitrogens is 1. The SMILES string of the molecule is O=C1C[C@@H](C(=O)Nc2ccccc2Cl)[NH+]=C(Nc2nc3ccccc3s2)N1. The molecule has 27 heavy (non-hydrogen) atoms. The number of guanidine groups is 1. The van der Waals surface area contributed by atoms with Crippen molar-refractivity contribution in [1.29, 1.82) is 0 Å². The molecule has 0 spiro atoms. The lowest BCUT2D eigenvalue weighted by atomic mass is 10.1. The third kappa shape index (κ3) is 3.91. The third-order valence-electron chi connectivity index (χ3n) is 3.95. The molecular formula is C18H15ClN5O2S+. The van der Waals surface area contributed by atoms with Crippen LogP contribution in [0.3, 0.4) is 0 Å². The Bertz CT molecular complexity index is 1030. The zero-order chi connectivity index (χ0) is 18.8. The zero-order valence-electron chi connectivity index (χ0n) is 14.0. The van der Waals surface area contributed by atoms with Crippen LogP contribution < -0.4 is 20.9 Å². The molecule has 2 aromatic carbocycles. The fourth-order valence-electron chi connectivity index (χ4n) is 2.68. The van der Waals surface area contributed by atoms with Crippen LogP contribution >= 0.6 is 22.9 Å². The quantitative estimate of drug-likeness (QED) is 0.533. The van der Waals surface area contributed by atoms with Gasteiger partial charge in [0.2, 0.25) is 0 Å². The molecule has 4 rings (SSSR count). The third-order valence-corrected chi connectivity index (χ3v) is 5.23. The van der Waals surface area contributed by atoms with Gasteiger partial charge in [0.15, 0.2) is 6.04 Å². The van der Waals surface area contributed by atoms with Crippen LogP contribution in [0, 0.1) is 0 Å². The molecule has 7 nitrogen and oxygen atoms in total. The van der Waals surface area contributed by atoms with Crippen LogP contribution in [0.2, 0.25) is 5.02 Å². The maximum absolute atomic E-state index is 12.5. The van der Waals surface area contributed by atoms with Crippen molar-refractivity contribution in [2.75, 3.05) is 10.6 Å². The molecule has 2 amide bonds. The molecule has 0 fully saturated rings. The number of rotatable bonds is 3. The van der Waals surface area contributed by atoms with Gasteiger partial charge in [0, 0.05) is 0 Å². The van der Waals surface area contributed by atoms with Gasteiger partial charge in [-0.15, -0.1) is 0 Å². The van der Waals surface area contributed by atoms with Gasteiger partial charge < -0.3 is 5.32 Å². The van der Waals surface area contributed by atoms with Gasteiger partial charge in [-0.1, -0.05) is 47.2 Å². The first kappa shape index (κ1) is 17.4. The zero-order valence-corrected chi connectivity index (χ0v) is 15.5. The number of nitrogens with one attached hydrogen (secondary N) is 4. The topological polar surface area (TPSA) is 97.1 Å². The summed E-state index contributed by atoms with van der Waals surface area (Å²) in [6.07, 6.45) is 0.0152. The molecule has 0 radical (unpaired) electrons. The number of carbonyl (C=O) groups is 2. The summed E-state index contributed by atoms with van der Waals surface area (Å²) in [6, 6.07) is 13.9. The second-order valence-corrected chi connectivity index (χ2v) is 7.34. The van der Waals surface area contributed by atoms with E-state index in [1.807, 2.05) is 24.3 Å². The Morgan fingerprint density at radius 3 is 2.81 bits per heavy atom. The van der Waals surface area contributed by atoms with Crippen molar-refractivity contribution >= 4 is 61.7 Å². The predicted octanol–water partition coefficient (Wildman–Crippen LogP) is 1.33. The van der Waals surface area contributed by atoms with Gasteiger partial charge in [-0.25, -0.2) is 15.6 Å². The molecule has 0 bridgehead atoms. The van der Waals surface area contributed by atoms with E-state index in [0.717, 1.165) is 10.2 Å². The fourth-order valence-corrected chi connectivity index (χ4v) is 3.73. The van der Waals surface area contributed by atoms with E-state index in [9.17, 15) is 9.59 Å². The smallest absolute Gasteiger partial charge is 0.322 e. The van der Waals surface area contributed by atoms with Crippen LogP contribution in [-0.2, 0) is 9.59 Å². The summed E-state index contributed by atoms with van der Waals surface area (Å²) in [7, 11) is 0. The summed E-state index contributed by atoms with van der Waals surface area (Å²) in [5, 5.41) is 9.51. The molecule has 0 saturated carbocycles. The molecule has 1 aromatic heterocycles. The number of hydrogen-bond donors (Lipinski definition) is 4. The molecule has 1 atom stereocenters. The second kappa shape index (κ2) is 7.34. The average Bonchev–Trinajstić information content (AvgIpc) is 3.05. The number of amides is 2. The van der Waals surface area contributed by atoms with Crippen molar-refractivity contribution in [1.82, 2.24) is 10.3 Å². The first-order valence-corrected chi connectivity index (χ1v) is 9.39. The Hall–Kier alpha value is -2.97. The number of thiazole rings is 1. The number of halogens is 1. The van der Waals surface area contributed by atoms with E-state index < -0.39 is 6.04 Å². The van der Waals surface area contributed by atoms with Crippen LogP contribution in [0.4, 0.5) is 10.8 Å². The molecule has 1 aliphatic heterocycles. The number of hydrogen-bond acceptors (Lipinski definition) is 5. The first-order chi connectivity index (χ1) is 13.1. The molecule has 3 aromatic rings. The minimum Gasteiger partial charge on any atom is -0.322 e. The van der Waals surface area contributed by atoms with E-state index in [4.69, 9.17) is 11.6 Å². The molecule has 0 saturated heterocycles. The van der Waals surface area contributed by atoms with Crippen molar-refractivity contribution in [3.05, 3.63) is 53.6 Å². The maximum atomic E-state index is 12.5. The lowest BCUT2D eigenvalue weighted by Gasteiger charge is -2.16. The Morgan fingerprint density at radius 1 is 1.22 bits per heavy atom. The second-order valence-electron chi connectivity index (χ2n) is 5.91. The van der Waals surface area contributed by atoms with Gasteiger partial charge in [0.25, 0.3) is 16.9 Å². The van der Waals surface area contributed by atoms with Crippen molar-refractivity contribution < 1.29 is 14.6 Å². The van der Waals surface area contributed by atoms with Gasteiger partial charge in [0.05, 0.1) is 27.3 Å². The molecule has 2 heterocycles. The van der Waals surface area contributed by atoms with Gasteiger partial charge in [-0.2, -0.15) is 0 Å². The van der Waals surface area contributed by atoms with Crippen LogP contribution in [0.1, 0.15) is 6.42 Å². The normalized spacial score (nSPS) is 16.6. The summed E-state index contributed by atoms with van der Waals surface area (Å²) in [5.74, 6) is -0.289. The minimum atomic E-state index is -0.730. The summed E-state index contributed by atoms with van der Waals surface area (Å²) in [5.41, 5.74) is 1.36. The highest BCUT2D eigenvalue weighted by molar-refractivity contribution is 7.22. The molecule has 0 aliphatic carbocycles. The highest BCUT2D eigenvalue weighted by Gasteiger charge is 2.31. The fraction of sp³-hybridized carbons (Fsp3) is 0.111. The minimum absolute atomic E-state index is 0.0152. The first-order valence-electron chi connectivity index (χ1n) is 8.20. The Balaban J connectivity index is 1.52. The van der Waals surface area contributed by atoms with E-state index in [2.05, 4.69) is 25.9 Å². The van der Waals surface area contributed by atoms with Crippen LogP contribution in [-0.4, -0.2) is 28.8 Å². The number of nitrogens with zero attached hydrogens (tertiary/aromatic N) is 1. The van der Waals surface area contributed by atoms with Crippen molar-refractivity contribution in [3.8, 4) is 0 Å². The number of fused-ring (bicyclic) bond motifs is 1. The number of carbonyl (C=O) groups excluding carboxylic acids is 2. The number of para-hydroxylation sites is 2. The molecule has 4 N–H and O–H groups in total. The van der Waals surface area contributed by atoms with Gasteiger partial charge in [-0.05, 0) is 24.3 Å². The predicted molar refractivity (Wildman–Crippen MR) is 106 cm³/mol. The Labute approximate surface area is 163 Å². The molecular weight excluding hydrogens is 386 g/mol. The standard InChI is InChI=1S/C18H14ClN5O2S/c19-10-5-1-2-6-11(10)20-16(26)13-9-15(25)23-17(21-13)24-18-22-12-7-3-4-8-14(12)27-18/h1-8,13H,9H2,(H,20,26)(H2,21,22,23,24,25)/p+1/t13-/m0/s1. The Morgan fingerprint density at radius 2 is 2.00 bits per heavy atom. The lowest BCUT2D eigenvalue weighted by Crippen LogP contribution is -2.89. The lowest BCUT2D eigenvalue weighted by molar-refractivity contribution is -0.490. The van der Waals surface area contributed by atoms with Crippen molar-refractivity contribution in [3.63, 3.8) is 0 Å². The number of anilines is 2. The molecule has 0 unspecified atom stereocenters. The van der Waals surface area contributed by atoms with Gasteiger partial charge in [-0.3, -0.25) is 14.6 Å². The summed E-state index contributed by atoms with van der Waals surface area (Å²) < 4.78 is 1.02.